The Balaban J connectivity index is 2.40. The van der Waals surface area contributed by atoms with Gasteiger partial charge in [-0.1, -0.05) is 29.8 Å². The van der Waals surface area contributed by atoms with Crippen LogP contribution in [0, 0.1) is 5.82 Å². The van der Waals surface area contributed by atoms with Gasteiger partial charge in [0.25, 0.3) is 0 Å². The molecule has 0 aliphatic rings. The van der Waals surface area contributed by atoms with E-state index in [1.165, 1.54) is 30.3 Å². The first kappa shape index (κ1) is 13.8. The van der Waals surface area contributed by atoms with E-state index in [9.17, 15) is 12.8 Å². The summed E-state index contributed by atoms with van der Waals surface area (Å²) in [6.07, 6.45) is 0. The summed E-state index contributed by atoms with van der Waals surface area (Å²) in [4.78, 5) is -0.329. The number of rotatable bonds is 3. The van der Waals surface area contributed by atoms with Gasteiger partial charge < -0.3 is 5.73 Å². The molecule has 100 valence electrons. The molecule has 0 fully saturated rings. The Hall–Kier alpha value is -1.59. The number of hydrogen-bond donors (Lipinski definition) is 1. The highest BCUT2D eigenvalue weighted by atomic mass is 35.5. The van der Waals surface area contributed by atoms with Crippen molar-refractivity contribution in [2.75, 3.05) is 5.73 Å². The summed E-state index contributed by atoms with van der Waals surface area (Å²) in [5.41, 5.74) is 6.37. The van der Waals surface area contributed by atoms with Gasteiger partial charge in [0.05, 0.1) is 5.75 Å². The number of nitrogens with two attached hydrogens (primary N) is 1. The Labute approximate surface area is 115 Å². The summed E-state index contributed by atoms with van der Waals surface area (Å²) < 4.78 is 37.8. The SMILES string of the molecule is Nc1cc(Cl)ccc1CS(=O)(=O)c1ccccc1F. The Bertz CT molecular complexity index is 716. The molecule has 0 radical (unpaired) electrons. The quantitative estimate of drug-likeness (QED) is 0.886. The Morgan fingerprint density at radius 2 is 1.84 bits per heavy atom. The highest BCUT2D eigenvalue weighted by Crippen LogP contribution is 2.24. The summed E-state index contributed by atoms with van der Waals surface area (Å²) >= 11 is 5.74. The van der Waals surface area contributed by atoms with Gasteiger partial charge in [-0.2, -0.15) is 0 Å². The zero-order chi connectivity index (χ0) is 14.0. The van der Waals surface area contributed by atoms with E-state index >= 15 is 0 Å². The largest absolute Gasteiger partial charge is 0.398 e. The van der Waals surface area contributed by atoms with Crippen molar-refractivity contribution in [2.24, 2.45) is 0 Å². The molecule has 2 aromatic rings. The van der Waals surface area contributed by atoms with E-state index in [2.05, 4.69) is 0 Å². The van der Waals surface area contributed by atoms with Crippen LogP contribution in [-0.4, -0.2) is 8.42 Å². The van der Waals surface area contributed by atoms with Crippen molar-refractivity contribution in [3.8, 4) is 0 Å². The second kappa shape index (κ2) is 5.19. The maximum Gasteiger partial charge on any atom is 0.185 e. The summed E-state index contributed by atoms with van der Waals surface area (Å²) in [5.74, 6) is -1.13. The van der Waals surface area contributed by atoms with Gasteiger partial charge >= 0.3 is 0 Å². The predicted molar refractivity (Wildman–Crippen MR) is 73.2 cm³/mol. The fourth-order valence-electron chi connectivity index (χ4n) is 1.68. The lowest BCUT2D eigenvalue weighted by Gasteiger charge is -2.08. The van der Waals surface area contributed by atoms with Crippen molar-refractivity contribution in [2.45, 2.75) is 10.6 Å². The van der Waals surface area contributed by atoms with Crippen LogP contribution in [0.2, 0.25) is 5.02 Å². The van der Waals surface area contributed by atoms with Gasteiger partial charge in [0, 0.05) is 10.7 Å². The van der Waals surface area contributed by atoms with E-state index in [-0.39, 0.29) is 16.3 Å². The molecule has 0 atom stereocenters. The third-order valence-electron chi connectivity index (χ3n) is 2.63. The summed E-state index contributed by atoms with van der Waals surface area (Å²) in [6.45, 7) is 0. The molecule has 2 rings (SSSR count). The third kappa shape index (κ3) is 3.05. The molecule has 19 heavy (non-hydrogen) atoms. The van der Waals surface area contributed by atoms with Crippen LogP contribution in [0.1, 0.15) is 5.56 Å². The topological polar surface area (TPSA) is 60.2 Å². The summed E-state index contributed by atoms with van der Waals surface area (Å²) in [6, 6.07) is 9.79. The molecule has 0 aliphatic carbocycles. The normalized spacial score (nSPS) is 11.5. The number of hydrogen-bond acceptors (Lipinski definition) is 3. The molecule has 2 N–H and O–H groups in total. The van der Waals surface area contributed by atoms with E-state index in [1.807, 2.05) is 0 Å². The smallest absolute Gasteiger partial charge is 0.185 e. The van der Waals surface area contributed by atoms with E-state index in [1.54, 1.807) is 6.07 Å². The molecule has 0 bridgehead atoms. The molecule has 0 amide bonds. The maximum absolute atomic E-state index is 13.5. The third-order valence-corrected chi connectivity index (χ3v) is 4.55. The number of nitrogen functional groups attached to an aromatic ring is 1. The lowest BCUT2D eigenvalue weighted by atomic mass is 10.2. The van der Waals surface area contributed by atoms with Crippen LogP contribution < -0.4 is 5.73 Å². The Morgan fingerprint density at radius 1 is 1.16 bits per heavy atom. The molecule has 6 heteroatoms. The van der Waals surface area contributed by atoms with Crippen LogP contribution in [0.4, 0.5) is 10.1 Å². The van der Waals surface area contributed by atoms with E-state index in [0.29, 0.717) is 10.6 Å². The standard InChI is InChI=1S/C13H11ClFNO2S/c14-10-6-5-9(12(16)7-10)8-19(17,18)13-4-2-1-3-11(13)15/h1-7H,8,16H2. The first-order valence-electron chi connectivity index (χ1n) is 5.41. The van der Waals surface area contributed by atoms with Crippen LogP contribution in [0.5, 0.6) is 0 Å². The lowest BCUT2D eigenvalue weighted by molar-refractivity contribution is 0.566. The second-order valence-electron chi connectivity index (χ2n) is 4.03. The molecular formula is C13H11ClFNO2S. The minimum atomic E-state index is -3.78. The molecule has 2 aromatic carbocycles. The fourth-order valence-corrected chi connectivity index (χ4v) is 3.34. The molecule has 0 saturated carbocycles. The van der Waals surface area contributed by atoms with E-state index < -0.39 is 15.7 Å². The van der Waals surface area contributed by atoms with Crippen molar-refractivity contribution in [1.29, 1.82) is 0 Å². The van der Waals surface area contributed by atoms with Gasteiger partial charge in [-0.3, -0.25) is 0 Å². The number of anilines is 1. The van der Waals surface area contributed by atoms with Crippen LogP contribution >= 0.6 is 11.6 Å². The van der Waals surface area contributed by atoms with Crippen molar-refractivity contribution in [3.63, 3.8) is 0 Å². The molecule has 0 aliphatic heterocycles. The van der Waals surface area contributed by atoms with Crippen molar-refractivity contribution in [1.82, 2.24) is 0 Å². The molecule has 0 aromatic heterocycles. The first-order chi connectivity index (χ1) is 8.90. The first-order valence-corrected chi connectivity index (χ1v) is 7.44. The molecule has 3 nitrogen and oxygen atoms in total. The van der Waals surface area contributed by atoms with Gasteiger partial charge in [0.1, 0.15) is 10.7 Å². The van der Waals surface area contributed by atoms with Crippen LogP contribution in [0.3, 0.4) is 0 Å². The average Bonchev–Trinajstić information content (AvgIpc) is 2.33. The Morgan fingerprint density at radius 3 is 2.47 bits per heavy atom. The fraction of sp³-hybridized carbons (Fsp3) is 0.0769. The Kier molecular flexibility index (Phi) is 3.78. The van der Waals surface area contributed by atoms with Gasteiger partial charge in [-0.25, -0.2) is 12.8 Å². The van der Waals surface area contributed by atoms with Crippen molar-refractivity contribution < 1.29 is 12.8 Å². The minimum absolute atomic E-state index is 0.271. The minimum Gasteiger partial charge on any atom is -0.398 e. The van der Waals surface area contributed by atoms with Gasteiger partial charge in [0.15, 0.2) is 9.84 Å². The van der Waals surface area contributed by atoms with E-state index in [4.69, 9.17) is 17.3 Å². The molecule has 0 heterocycles. The highest BCUT2D eigenvalue weighted by molar-refractivity contribution is 7.90. The predicted octanol–water partition coefficient (Wildman–Crippen LogP) is 3.04. The number of sulfone groups is 1. The monoisotopic (exact) mass is 299 g/mol. The summed E-state index contributed by atoms with van der Waals surface area (Å²) in [7, 11) is -3.78. The van der Waals surface area contributed by atoms with Crippen LogP contribution in [0.15, 0.2) is 47.4 Å². The van der Waals surface area contributed by atoms with Gasteiger partial charge in [0.2, 0.25) is 0 Å². The average molecular weight is 300 g/mol. The van der Waals surface area contributed by atoms with E-state index in [0.717, 1.165) is 6.07 Å². The zero-order valence-corrected chi connectivity index (χ0v) is 11.4. The van der Waals surface area contributed by atoms with Crippen LogP contribution in [-0.2, 0) is 15.6 Å². The van der Waals surface area contributed by atoms with Crippen molar-refractivity contribution in [3.05, 3.63) is 58.9 Å². The second-order valence-corrected chi connectivity index (χ2v) is 6.43. The van der Waals surface area contributed by atoms with Crippen molar-refractivity contribution >= 4 is 27.1 Å². The number of benzene rings is 2. The molecule has 0 unspecified atom stereocenters. The molecule has 0 saturated heterocycles. The highest BCUT2D eigenvalue weighted by Gasteiger charge is 2.20. The number of halogens is 2. The lowest BCUT2D eigenvalue weighted by Crippen LogP contribution is -2.08. The summed E-state index contributed by atoms with van der Waals surface area (Å²) in [5, 5.41) is 0.421. The van der Waals surface area contributed by atoms with Gasteiger partial charge in [-0.05, 0) is 29.8 Å². The molecular weight excluding hydrogens is 289 g/mol. The maximum atomic E-state index is 13.5. The van der Waals surface area contributed by atoms with Crippen LogP contribution in [0.25, 0.3) is 0 Å². The zero-order valence-electron chi connectivity index (χ0n) is 9.81. The van der Waals surface area contributed by atoms with Gasteiger partial charge in [-0.15, -0.1) is 0 Å². The molecule has 0 spiro atoms.